The van der Waals surface area contributed by atoms with Crippen LogP contribution in [0, 0.1) is 6.92 Å². The molecule has 2 amide bonds. The minimum absolute atomic E-state index is 0.0359. The fraction of sp³-hybridized carbons (Fsp3) is 0.212. The van der Waals surface area contributed by atoms with Crippen LogP contribution in [0.3, 0.4) is 0 Å². The average molecular weight is 569 g/mol. The second-order valence-electron chi connectivity index (χ2n) is 10.3. The Balaban J connectivity index is 1.78. The third-order valence-electron chi connectivity index (χ3n) is 7.08. The summed E-state index contributed by atoms with van der Waals surface area (Å²) in [6.45, 7) is 5.31. The smallest absolute Gasteiger partial charge is 0.336 e. The Morgan fingerprint density at radius 3 is 1.73 bits per heavy atom. The number of carbonyl (C=O) groups is 2. The summed E-state index contributed by atoms with van der Waals surface area (Å²) in [5.74, 6) is -0.680. The van der Waals surface area contributed by atoms with Gasteiger partial charge >= 0.3 is 12.0 Å². The second kappa shape index (κ2) is 11.6. The number of amides is 2. The molecule has 0 aliphatic carbocycles. The number of carbonyl (C=O) groups excluding carboxylic acids is 2. The fourth-order valence-electron chi connectivity index (χ4n) is 5.28. The summed E-state index contributed by atoms with van der Waals surface area (Å²) in [7, 11) is -4.39. The number of sulfonamides is 1. The Morgan fingerprint density at radius 1 is 0.756 bits per heavy atom. The Morgan fingerprint density at radius 2 is 1.24 bits per heavy atom. The zero-order valence-electron chi connectivity index (χ0n) is 23.1. The number of ether oxygens (including phenoxy) is 1. The molecule has 0 spiro atoms. The van der Waals surface area contributed by atoms with Crippen molar-refractivity contribution in [3.8, 4) is 0 Å². The molecule has 0 radical (unpaired) electrons. The number of aryl methyl sites for hydroxylation is 1. The lowest BCUT2D eigenvalue weighted by molar-refractivity contribution is -0.153. The summed E-state index contributed by atoms with van der Waals surface area (Å²) in [4.78, 5) is 29.9. The minimum atomic E-state index is -4.39. The van der Waals surface area contributed by atoms with Gasteiger partial charge in [-0.3, -0.25) is 4.90 Å². The van der Waals surface area contributed by atoms with Gasteiger partial charge in [0.1, 0.15) is 6.04 Å². The van der Waals surface area contributed by atoms with Gasteiger partial charge in [-0.05, 0) is 49.6 Å². The van der Waals surface area contributed by atoms with Crippen molar-refractivity contribution in [3.63, 3.8) is 0 Å². The van der Waals surface area contributed by atoms with Gasteiger partial charge in [-0.25, -0.2) is 22.3 Å². The molecular weight excluding hydrogens is 536 g/mol. The van der Waals surface area contributed by atoms with Crippen molar-refractivity contribution in [1.29, 1.82) is 0 Å². The normalized spacial score (nSPS) is 17.3. The standard InChI is InChI=1S/C33H32N2O5S/c1-23(2)40-32(36)31-30(27-17-11-6-12-18-27)35(41(38,39)28-21-19-24(3)20-22-28)33(37)34(31)29(25-13-7-4-8-14-25)26-15-9-5-10-16-26/h4-23,29-31H,1-3H3. The van der Waals surface area contributed by atoms with Crippen LogP contribution in [0.25, 0.3) is 0 Å². The molecule has 1 aliphatic rings. The maximum Gasteiger partial charge on any atom is 0.336 e. The van der Waals surface area contributed by atoms with Crippen LogP contribution in [0.2, 0.25) is 0 Å². The van der Waals surface area contributed by atoms with Gasteiger partial charge in [-0.2, -0.15) is 0 Å². The van der Waals surface area contributed by atoms with Crippen LogP contribution in [0.4, 0.5) is 4.79 Å². The molecular formula is C33H32N2O5S. The molecule has 5 rings (SSSR count). The summed E-state index contributed by atoms with van der Waals surface area (Å²) in [6.07, 6.45) is -0.481. The SMILES string of the molecule is Cc1ccc(S(=O)(=O)N2C(=O)N(C(c3ccccc3)c3ccccc3)C(C(=O)OC(C)C)C2c2ccccc2)cc1. The molecule has 1 aliphatic heterocycles. The van der Waals surface area contributed by atoms with E-state index < -0.39 is 46.3 Å². The highest BCUT2D eigenvalue weighted by molar-refractivity contribution is 7.89. The van der Waals surface area contributed by atoms with E-state index >= 15 is 0 Å². The molecule has 0 saturated carbocycles. The van der Waals surface area contributed by atoms with Crippen LogP contribution < -0.4 is 0 Å². The lowest BCUT2D eigenvalue weighted by atomic mass is 9.93. The molecule has 2 atom stereocenters. The molecule has 0 bridgehead atoms. The number of nitrogens with zero attached hydrogens (tertiary/aromatic N) is 2. The highest BCUT2D eigenvalue weighted by Crippen LogP contribution is 2.45. The Labute approximate surface area is 241 Å². The summed E-state index contributed by atoms with van der Waals surface area (Å²) >= 11 is 0. The second-order valence-corrected chi connectivity index (χ2v) is 12.1. The first-order valence-electron chi connectivity index (χ1n) is 13.5. The first kappa shape index (κ1) is 28.1. The molecule has 7 nitrogen and oxygen atoms in total. The molecule has 2 unspecified atom stereocenters. The van der Waals surface area contributed by atoms with E-state index in [9.17, 15) is 18.0 Å². The molecule has 0 N–H and O–H groups in total. The number of hydrogen-bond donors (Lipinski definition) is 0. The number of benzene rings is 4. The van der Waals surface area contributed by atoms with Crippen molar-refractivity contribution in [3.05, 3.63) is 138 Å². The predicted molar refractivity (Wildman–Crippen MR) is 156 cm³/mol. The molecule has 1 saturated heterocycles. The van der Waals surface area contributed by atoms with E-state index in [4.69, 9.17) is 4.74 Å². The quantitative estimate of drug-likeness (QED) is 0.234. The highest BCUT2D eigenvalue weighted by atomic mass is 32.2. The van der Waals surface area contributed by atoms with Crippen molar-refractivity contribution < 1.29 is 22.7 Å². The Kier molecular flexibility index (Phi) is 7.94. The number of esters is 1. The molecule has 4 aromatic rings. The summed E-state index contributed by atoms with van der Waals surface area (Å²) in [5.41, 5.74) is 2.85. The van der Waals surface area contributed by atoms with Gasteiger partial charge in [-0.1, -0.05) is 109 Å². The van der Waals surface area contributed by atoms with Crippen molar-refractivity contribution >= 4 is 22.0 Å². The van der Waals surface area contributed by atoms with Crippen LogP contribution in [-0.2, 0) is 19.6 Å². The topological polar surface area (TPSA) is 84.0 Å². The van der Waals surface area contributed by atoms with Crippen molar-refractivity contribution in [1.82, 2.24) is 9.21 Å². The van der Waals surface area contributed by atoms with Crippen LogP contribution in [0.1, 0.15) is 48.2 Å². The third kappa shape index (κ3) is 5.47. The number of rotatable bonds is 8. The lowest BCUT2D eigenvalue weighted by Crippen LogP contribution is -2.44. The molecule has 41 heavy (non-hydrogen) atoms. The highest BCUT2D eigenvalue weighted by Gasteiger charge is 2.58. The van der Waals surface area contributed by atoms with E-state index in [1.807, 2.05) is 67.6 Å². The van der Waals surface area contributed by atoms with E-state index in [0.29, 0.717) is 5.56 Å². The van der Waals surface area contributed by atoms with E-state index in [0.717, 1.165) is 21.0 Å². The van der Waals surface area contributed by atoms with Crippen LogP contribution >= 0.6 is 0 Å². The molecule has 4 aromatic carbocycles. The lowest BCUT2D eigenvalue weighted by Gasteiger charge is -2.33. The van der Waals surface area contributed by atoms with Gasteiger partial charge in [-0.15, -0.1) is 0 Å². The van der Waals surface area contributed by atoms with Gasteiger partial charge in [0.25, 0.3) is 10.0 Å². The fourth-order valence-corrected chi connectivity index (χ4v) is 6.82. The minimum Gasteiger partial charge on any atom is -0.461 e. The molecule has 1 heterocycles. The van der Waals surface area contributed by atoms with Gasteiger partial charge < -0.3 is 4.74 Å². The van der Waals surface area contributed by atoms with Crippen LogP contribution in [0.15, 0.2) is 120 Å². The van der Waals surface area contributed by atoms with Crippen molar-refractivity contribution in [2.75, 3.05) is 0 Å². The first-order valence-corrected chi connectivity index (χ1v) is 14.9. The van der Waals surface area contributed by atoms with Gasteiger partial charge in [0.15, 0.2) is 6.04 Å². The predicted octanol–water partition coefficient (Wildman–Crippen LogP) is 6.27. The van der Waals surface area contributed by atoms with Gasteiger partial charge in [0, 0.05) is 0 Å². The molecule has 8 heteroatoms. The largest absolute Gasteiger partial charge is 0.461 e. The van der Waals surface area contributed by atoms with E-state index in [1.54, 1.807) is 56.3 Å². The van der Waals surface area contributed by atoms with E-state index in [1.165, 1.54) is 17.0 Å². The van der Waals surface area contributed by atoms with Crippen molar-refractivity contribution in [2.24, 2.45) is 0 Å². The number of urea groups is 1. The monoisotopic (exact) mass is 568 g/mol. The average Bonchev–Trinajstić information content (AvgIpc) is 3.28. The molecule has 0 aromatic heterocycles. The molecule has 1 fully saturated rings. The van der Waals surface area contributed by atoms with E-state index in [-0.39, 0.29) is 4.90 Å². The van der Waals surface area contributed by atoms with Gasteiger partial charge in [0.05, 0.1) is 17.0 Å². The van der Waals surface area contributed by atoms with Gasteiger partial charge in [0.2, 0.25) is 0 Å². The maximum absolute atomic E-state index is 14.6. The first-order chi connectivity index (χ1) is 19.7. The maximum atomic E-state index is 14.6. The van der Waals surface area contributed by atoms with Crippen LogP contribution in [0.5, 0.6) is 0 Å². The van der Waals surface area contributed by atoms with Crippen molar-refractivity contribution in [2.45, 2.75) is 49.9 Å². The van der Waals surface area contributed by atoms with E-state index in [2.05, 4.69) is 0 Å². The summed E-state index contributed by atoms with van der Waals surface area (Å²) in [5, 5.41) is 0. The molecule has 210 valence electrons. The summed E-state index contributed by atoms with van der Waals surface area (Å²) < 4.78 is 35.2. The number of hydrogen-bond acceptors (Lipinski definition) is 5. The van der Waals surface area contributed by atoms with Crippen LogP contribution in [-0.4, -0.2) is 41.8 Å². The Hall–Kier alpha value is -4.43. The zero-order valence-corrected chi connectivity index (χ0v) is 23.9. The Bertz CT molecular complexity index is 1570. The third-order valence-corrected chi connectivity index (χ3v) is 8.85. The zero-order chi connectivity index (χ0) is 29.1. The summed E-state index contributed by atoms with van der Waals surface area (Å²) in [6, 6.07) is 29.7.